The molecule has 0 aromatic heterocycles. The third-order valence-electron chi connectivity index (χ3n) is 3.79. The monoisotopic (exact) mass is 442 g/mol. The second-order valence-electron chi connectivity index (χ2n) is 5.32. The molecule has 2 aliphatic rings. The van der Waals surface area contributed by atoms with Gasteiger partial charge in [-0.15, -0.1) is 13.1 Å². The second-order valence-corrected chi connectivity index (χ2v) is 5.68. The van der Waals surface area contributed by atoms with Crippen molar-refractivity contribution >= 4 is 40.7 Å². The van der Waals surface area contributed by atoms with Crippen LogP contribution >= 0.6 is 24.4 Å². The van der Waals surface area contributed by atoms with Gasteiger partial charge in [-0.05, 0) is 5.92 Å². The summed E-state index contributed by atoms with van der Waals surface area (Å²) in [5.74, 6) is -0.151. The number of isothiocyanates is 2. The van der Waals surface area contributed by atoms with Crippen molar-refractivity contribution in [2.24, 2.45) is 11.8 Å². The Balaban J connectivity index is 0. The average molecular weight is 442 g/mol. The number of thiocarbonyl (C=S) groups is 2. The van der Waals surface area contributed by atoms with Gasteiger partial charge in [-0.3, -0.25) is 4.79 Å². The first-order valence-electron chi connectivity index (χ1n) is 7.08. The molecule has 9 heteroatoms. The van der Waals surface area contributed by atoms with E-state index in [2.05, 4.69) is 42.0 Å². The van der Waals surface area contributed by atoms with Crippen LogP contribution in [-0.2, 0) is 24.3 Å². The fourth-order valence-corrected chi connectivity index (χ4v) is 2.73. The van der Waals surface area contributed by atoms with Gasteiger partial charge >= 0.3 is 25.4 Å². The standard InChI is InChI=1S/C12H20N2O2.2CNS.Ru/c1-8-2-4-13-10(6-8)11-7-9(12(15)16)3-5-14-11;2*2-1-3;/h8-11H,2-7H2,1H3,(H,15,16);;;/q-2;2*-1;+4. The molecular weight excluding hydrogens is 421 g/mol. The van der Waals surface area contributed by atoms with Crippen LogP contribution in [0.5, 0.6) is 0 Å². The third kappa shape index (κ3) is 10.9. The Kier molecular flexibility index (Phi) is 16.4. The number of nitrogens with zero attached hydrogens (tertiary/aromatic N) is 4. The smallest absolute Gasteiger partial charge is 0.753 e. The van der Waals surface area contributed by atoms with Gasteiger partial charge in [0.25, 0.3) is 0 Å². The normalized spacial score (nSPS) is 28.9. The zero-order valence-corrected chi connectivity index (χ0v) is 16.2. The number of hydrogen-bond acceptors (Lipinski definition) is 3. The van der Waals surface area contributed by atoms with Gasteiger partial charge in [0.1, 0.15) is 0 Å². The van der Waals surface area contributed by atoms with E-state index < -0.39 is 5.97 Å². The van der Waals surface area contributed by atoms with Crippen molar-refractivity contribution in [1.29, 1.82) is 0 Å². The van der Waals surface area contributed by atoms with Gasteiger partial charge in [-0.2, -0.15) is 22.4 Å². The molecule has 4 unspecified atom stereocenters. The molecule has 2 rings (SSSR count). The Morgan fingerprint density at radius 3 is 1.96 bits per heavy atom. The van der Waals surface area contributed by atoms with Crippen LogP contribution < -0.4 is 0 Å². The van der Waals surface area contributed by atoms with Crippen molar-refractivity contribution in [3.63, 3.8) is 0 Å². The number of carboxylic acids is 1. The molecule has 0 saturated carbocycles. The molecule has 0 spiro atoms. The van der Waals surface area contributed by atoms with Crippen LogP contribution in [0.4, 0.5) is 0 Å². The summed E-state index contributed by atoms with van der Waals surface area (Å²) in [6, 6.07) is 0.448. The Bertz CT molecular complexity index is 402. The predicted molar refractivity (Wildman–Crippen MR) is 94.7 cm³/mol. The maximum absolute atomic E-state index is 11.0. The fraction of sp³-hybridized carbons (Fsp3) is 0.786. The molecule has 6 nitrogen and oxygen atoms in total. The van der Waals surface area contributed by atoms with Gasteiger partial charge in [-0.1, -0.05) is 57.0 Å². The largest absolute Gasteiger partial charge is 4.00 e. The molecule has 0 radical (unpaired) electrons. The molecule has 0 bridgehead atoms. The molecule has 0 aliphatic carbocycles. The summed E-state index contributed by atoms with van der Waals surface area (Å²) in [5.41, 5.74) is 0. The zero-order valence-electron chi connectivity index (χ0n) is 12.9. The molecule has 0 aromatic carbocycles. The van der Waals surface area contributed by atoms with E-state index in [0.717, 1.165) is 13.0 Å². The van der Waals surface area contributed by atoms with E-state index in [9.17, 15) is 4.79 Å². The molecule has 2 fully saturated rings. The Morgan fingerprint density at radius 1 is 1.09 bits per heavy atom. The Morgan fingerprint density at radius 2 is 1.52 bits per heavy atom. The van der Waals surface area contributed by atoms with E-state index in [1.54, 1.807) is 0 Å². The number of hydrogen-bond donors (Lipinski definition) is 1. The van der Waals surface area contributed by atoms with E-state index in [1.165, 1.54) is 16.7 Å². The van der Waals surface area contributed by atoms with E-state index in [4.69, 9.17) is 15.9 Å². The SMILES string of the molecule is CC1CC[N-]C(C2CC(C(=O)O)CC[N-]2)C1.[N-]=C=S.[N-]=C=S.[Ru+4]. The molecule has 2 saturated heterocycles. The van der Waals surface area contributed by atoms with E-state index in [0.29, 0.717) is 25.3 Å². The summed E-state index contributed by atoms with van der Waals surface area (Å²) in [6.07, 6.45) is 3.65. The number of piperidine rings is 2. The van der Waals surface area contributed by atoms with Gasteiger partial charge in [-0.25, -0.2) is 0 Å². The van der Waals surface area contributed by atoms with Gasteiger partial charge in [0.05, 0.1) is 5.92 Å². The molecule has 0 amide bonds. The molecule has 23 heavy (non-hydrogen) atoms. The van der Waals surface area contributed by atoms with E-state index in [1.807, 2.05) is 0 Å². The Hall–Kier alpha value is -0.387. The van der Waals surface area contributed by atoms with Crippen molar-refractivity contribution in [3.8, 4) is 0 Å². The summed E-state index contributed by atoms with van der Waals surface area (Å²) in [7, 11) is 0. The maximum atomic E-state index is 11.0. The third-order valence-corrected chi connectivity index (χ3v) is 3.79. The minimum atomic E-state index is -0.663. The van der Waals surface area contributed by atoms with Crippen LogP contribution in [0.1, 0.15) is 32.6 Å². The molecular formula is C14H20N4O2RuS2. The van der Waals surface area contributed by atoms with Gasteiger partial charge in [0.15, 0.2) is 0 Å². The first kappa shape index (κ1) is 24.9. The summed E-state index contributed by atoms with van der Waals surface area (Å²) in [6.45, 7) is 3.87. The predicted octanol–water partition coefficient (Wildman–Crippen LogP) is 3.71. The number of rotatable bonds is 2. The minimum Gasteiger partial charge on any atom is -0.753 e. The molecule has 1 N–H and O–H groups in total. The first-order chi connectivity index (χ1) is 10.5. The maximum Gasteiger partial charge on any atom is 4.00 e. The van der Waals surface area contributed by atoms with Crippen molar-refractivity contribution < 1.29 is 29.4 Å². The van der Waals surface area contributed by atoms with Crippen LogP contribution in [0.2, 0.25) is 0 Å². The molecule has 4 atom stereocenters. The number of carbonyl (C=O) groups is 1. The van der Waals surface area contributed by atoms with Gasteiger partial charge in [0.2, 0.25) is 0 Å². The van der Waals surface area contributed by atoms with Crippen molar-refractivity contribution in [3.05, 3.63) is 21.5 Å². The van der Waals surface area contributed by atoms with E-state index in [-0.39, 0.29) is 37.5 Å². The second kappa shape index (κ2) is 15.2. The quantitative estimate of drug-likeness (QED) is 0.400. The van der Waals surface area contributed by atoms with Crippen molar-refractivity contribution in [2.45, 2.75) is 44.7 Å². The summed E-state index contributed by atoms with van der Waals surface area (Å²) in [4.78, 5) is 11.0. The molecule has 128 valence electrons. The zero-order chi connectivity index (χ0) is 17.0. The van der Waals surface area contributed by atoms with Gasteiger partial charge < -0.3 is 26.6 Å². The summed E-state index contributed by atoms with van der Waals surface area (Å²) in [5, 5.41) is 35.1. The molecule has 2 aliphatic heterocycles. The number of aliphatic carboxylic acids is 1. The molecule has 0 aromatic rings. The van der Waals surface area contributed by atoms with Crippen LogP contribution in [0, 0.1) is 11.8 Å². The number of carboxylic acid groups (broad SMARTS) is 1. The first-order valence-corrected chi connectivity index (χ1v) is 7.90. The summed E-state index contributed by atoms with van der Waals surface area (Å²) >= 11 is 7.40. The van der Waals surface area contributed by atoms with Gasteiger partial charge in [0, 0.05) is 0 Å². The molecule has 2 heterocycles. The van der Waals surface area contributed by atoms with Crippen molar-refractivity contribution in [1.82, 2.24) is 0 Å². The minimum absolute atomic E-state index is 0. The fourth-order valence-electron chi connectivity index (χ4n) is 2.73. The van der Waals surface area contributed by atoms with Crippen LogP contribution in [0.3, 0.4) is 0 Å². The van der Waals surface area contributed by atoms with E-state index >= 15 is 0 Å². The van der Waals surface area contributed by atoms with Crippen LogP contribution in [-0.4, -0.2) is 46.6 Å². The average Bonchev–Trinajstić information content (AvgIpc) is 2.49. The van der Waals surface area contributed by atoms with Crippen LogP contribution in [0.15, 0.2) is 0 Å². The summed E-state index contributed by atoms with van der Waals surface area (Å²) < 4.78 is 0. The Labute approximate surface area is 161 Å². The topological polar surface area (TPSA) is 110 Å². The van der Waals surface area contributed by atoms with Crippen LogP contribution in [0.25, 0.3) is 21.5 Å². The van der Waals surface area contributed by atoms with Crippen molar-refractivity contribution in [2.75, 3.05) is 13.1 Å².